The van der Waals surface area contributed by atoms with Crippen molar-refractivity contribution in [3.63, 3.8) is 0 Å². The van der Waals surface area contributed by atoms with Crippen LogP contribution in [0.25, 0.3) is 0 Å². The average molecular weight is 429 g/mol. The number of nitrogens with zero attached hydrogens (tertiary/aromatic N) is 1. The Labute approximate surface area is 164 Å². The number of ether oxygens (including phenoxy) is 1. The molecule has 3 rings (SSSR count). The fourth-order valence-corrected chi connectivity index (χ4v) is 5.00. The van der Waals surface area contributed by atoms with Crippen molar-refractivity contribution >= 4 is 20.0 Å². The van der Waals surface area contributed by atoms with Gasteiger partial charge >= 0.3 is 0 Å². The molecule has 0 radical (unpaired) electrons. The van der Waals surface area contributed by atoms with Crippen molar-refractivity contribution in [2.75, 3.05) is 13.2 Å². The molecule has 10 heteroatoms. The van der Waals surface area contributed by atoms with Crippen LogP contribution in [-0.2, 0) is 31.3 Å². The highest BCUT2D eigenvalue weighted by Gasteiger charge is 2.30. The van der Waals surface area contributed by atoms with Gasteiger partial charge < -0.3 is 4.74 Å². The third kappa shape index (κ3) is 4.76. The molecule has 0 spiro atoms. The van der Waals surface area contributed by atoms with Crippen molar-refractivity contribution in [1.29, 1.82) is 0 Å². The summed E-state index contributed by atoms with van der Waals surface area (Å²) in [6, 6.07) is 10.6. The van der Waals surface area contributed by atoms with Crippen LogP contribution in [0.5, 0.6) is 0 Å². The standard InChI is InChI=1S/C18H21FN2O5S2/c19-18-6-2-1-4-14(18)12-21(13-15-5-3-11-26-15)28(24,25)17-9-7-16(8-10-17)27(20,22)23/h1-2,4,6-10,15H,3,5,11-13H2,(H2,20,22,23)/t15-/m0/s1. The first kappa shape index (κ1) is 20.9. The lowest BCUT2D eigenvalue weighted by Crippen LogP contribution is -2.37. The maximum absolute atomic E-state index is 14.1. The first-order chi connectivity index (χ1) is 13.2. The predicted octanol–water partition coefficient (Wildman–Crippen LogP) is 1.84. The molecular weight excluding hydrogens is 407 g/mol. The van der Waals surface area contributed by atoms with E-state index in [1.165, 1.54) is 30.3 Å². The minimum absolute atomic E-state index is 0.0770. The summed E-state index contributed by atoms with van der Waals surface area (Å²) in [6.07, 6.45) is 1.28. The smallest absolute Gasteiger partial charge is 0.243 e. The molecule has 0 aromatic heterocycles. The molecule has 1 fully saturated rings. The van der Waals surface area contributed by atoms with Gasteiger partial charge in [0.15, 0.2) is 0 Å². The molecule has 152 valence electrons. The second kappa shape index (κ2) is 8.26. The van der Waals surface area contributed by atoms with Gasteiger partial charge in [-0.3, -0.25) is 0 Å². The third-order valence-corrected chi connectivity index (χ3v) is 7.28. The molecule has 0 aliphatic carbocycles. The van der Waals surface area contributed by atoms with Gasteiger partial charge in [0.2, 0.25) is 20.0 Å². The van der Waals surface area contributed by atoms with Gasteiger partial charge in [0.25, 0.3) is 0 Å². The Bertz CT molecular complexity index is 1030. The minimum atomic E-state index is -4.01. The number of halogens is 1. The van der Waals surface area contributed by atoms with Crippen LogP contribution in [0.15, 0.2) is 58.3 Å². The van der Waals surface area contributed by atoms with Crippen molar-refractivity contribution in [3.05, 3.63) is 59.9 Å². The molecule has 0 saturated carbocycles. The van der Waals surface area contributed by atoms with Crippen LogP contribution in [0, 0.1) is 5.82 Å². The summed E-state index contributed by atoms with van der Waals surface area (Å²) in [4.78, 5) is -0.291. The Morgan fingerprint density at radius 3 is 2.25 bits per heavy atom. The van der Waals surface area contributed by atoms with Crippen LogP contribution in [0.1, 0.15) is 18.4 Å². The summed E-state index contributed by atoms with van der Waals surface area (Å²) in [5, 5.41) is 5.06. The molecule has 2 N–H and O–H groups in total. The van der Waals surface area contributed by atoms with Crippen molar-refractivity contribution < 1.29 is 26.0 Å². The molecule has 1 heterocycles. The summed E-state index contributed by atoms with van der Waals surface area (Å²) in [7, 11) is -7.95. The molecular formula is C18H21FN2O5S2. The van der Waals surface area contributed by atoms with Crippen LogP contribution >= 0.6 is 0 Å². The van der Waals surface area contributed by atoms with Crippen LogP contribution in [0.3, 0.4) is 0 Å². The maximum Gasteiger partial charge on any atom is 0.243 e. The predicted molar refractivity (Wildman–Crippen MR) is 101 cm³/mol. The number of benzene rings is 2. The first-order valence-electron chi connectivity index (χ1n) is 8.66. The minimum Gasteiger partial charge on any atom is -0.377 e. The van der Waals surface area contributed by atoms with E-state index in [0.717, 1.165) is 22.9 Å². The number of hydrogen-bond acceptors (Lipinski definition) is 5. The van der Waals surface area contributed by atoms with Crippen LogP contribution in [-0.4, -0.2) is 40.4 Å². The number of sulfonamides is 2. The Morgan fingerprint density at radius 1 is 1.04 bits per heavy atom. The Kier molecular flexibility index (Phi) is 6.15. The van der Waals surface area contributed by atoms with E-state index in [0.29, 0.717) is 13.0 Å². The van der Waals surface area contributed by atoms with Gasteiger partial charge in [0, 0.05) is 25.3 Å². The van der Waals surface area contributed by atoms with E-state index in [1.54, 1.807) is 6.07 Å². The molecule has 1 aliphatic heterocycles. The SMILES string of the molecule is NS(=O)(=O)c1ccc(S(=O)(=O)N(Cc2ccccc2F)C[C@@H]2CCCO2)cc1. The molecule has 0 amide bonds. The van der Waals surface area contributed by atoms with E-state index in [9.17, 15) is 21.2 Å². The summed E-state index contributed by atoms with van der Waals surface area (Å²) < 4.78 is 69.9. The van der Waals surface area contributed by atoms with E-state index in [4.69, 9.17) is 9.88 Å². The summed E-state index contributed by atoms with van der Waals surface area (Å²) in [6.45, 7) is 0.473. The Balaban J connectivity index is 1.94. The topological polar surface area (TPSA) is 107 Å². The summed E-state index contributed by atoms with van der Waals surface area (Å²) >= 11 is 0. The first-order valence-corrected chi connectivity index (χ1v) is 11.6. The number of rotatable bonds is 7. The fraction of sp³-hybridized carbons (Fsp3) is 0.333. The lowest BCUT2D eigenvalue weighted by atomic mass is 10.2. The van der Waals surface area contributed by atoms with Crippen LogP contribution < -0.4 is 5.14 Å². The van der Waals surface area contributed by atoms with Gasteiger partial charge in [-0.1, -0.05) is 18.2 Å². The van der Waals surface area contributed by atoms with Gasteiger partial charge in [-0.2, -0.15) is 4.31 Å². The van der Waals surface area contributed by atoms with E-state index in [1.807, 2.05) is 0 Å². The van der Waals surface area contributed by atoms with Crippen LogP contribution in [0.4, 0.5) is 4.39 Å². The highest BCUT2D eigenvalue weighted by molar-refractivity contribution is 7.89. The molecule has 1 aliphatic rings. The fourth-order valence-electron chi connectivity index (χ4n) is 3.03. The lowest BCUT2D eigenvalue weighted by molar-refractivity contribution is 0.0924. The molecule has 2 aromatic carbocycles. The van der Waals surface area contributed by atoms with Crippen molar-refractivity contribution in [1.82, 2.24) is 4.31 Å². The van der Waals surface area contributed by atoms with Gasteiger partial charge in [0.05, 0.1) is 15.9 Å². The molecule has 28 heavy (non-hydrogen) atoms. The third-order valence-electron chi connectivity index (χ3n) is 4.53. The zero-order chi connectivity index (χ0) is 20.4. The molecule has 2 aromatic rings. The largest absolute Gasteiger partial charge is 0.377 e. The summed E-state index contributed by atoms with van der Waals surface area (Å²) in [5.74, 6) is -0.500. The number of nitrogens with two attached hydrogens (primary N) is 1. The Hall–Kier alpha value is -1.85. The quantitative estimate of drug-likeness (QED) is 0.724. The average Bonchev–Trinajstić information content (AvgIpc) is 3.15. The molecule has 0 unspecified atom stereocenters. The Morgan fingerprint density at radius 2 is 1.68 bits per heavy atom. The number of primary sulfonamides is 1. The second-order valence-corrected chi connectivity index (χ2v) is 10.0. The van der Waals surface area contributed by atoms with E-state index in [-0.39, 0.29) is 34.5 Å². The van der Waals surface area contributed by atoms with Gasteiger partial charge in [0.1, 0.15) is 5.82 Å². The van der Waals surface area contributed by atoms with Crippen molar-refractivity contribution in [2.45, 2.75) is 35.3 Å². The van der Waals surface area contributed by atoms with E-state index < -0.39 is 25.9 Å². The molecule has 1 saturated heterocycles. The zero-order valence-electron chi connectivity index (χ0n) is 15.0. The van der Waals surface area contributed by atoms with Crippen LogP contribution in [0.2, 0.25) is 0 Å². The van der Waals surface area contributed by atoms with Gasteiger partial charge in [-0.05, 0) is 43.2 Å². The summed E-state index contributed by atoms with van der Waals surface area (Å²) in [5.41, 5.74) is 0.241. The second-order valence-electron chi connectivity index (χ2n) is 6.54. The van der Waals surface area contributed by atoms with E-state index in [2.05, 4.69) is 0 Å². The normalized spacial score (nSPS) is 17.9. The highest BCUT2D eigenvalue weighted by atomic mass is 32.2. The van der Waals surface area contributed by atoms with Crippen molar-refractivity contribution in [2.24, 2.45) is 5.14 Å². The van der Waals surface area contributed by atoms with E-state index >= 15 is 0 Å². The highest BCUT2D eigenvalue weighted by Crippen LogP contribution is 2.24. The lowest BCUT2D eigenvalue weighted by Gasteiger charge is -2.25. The molecule has 7 nitrogen and oxygen atoms in total. The molecule has 0 bridgehead atoms. The van der Waals surface area contributed by atoms with Gasteiger partial charge in [-0.15, -0.1) is 0 Å². The van der Waals surface area contributed by atoms with Gasteiger partial charge in [-0.25, -0.2) is 26.4 Å². The number of hydrogen-bond donors (Lipinski definition) is 1. The van der Waals surface area contributed by atoms with Crippen molar-refractivity contribution in [3.8, 4) is 0 Å². The zero-order valence-corrected chi connectivity index (χ0v) is 16.6. The molecule has 1 atom stereocenters. The monoisotopic (exact) mass is 428 g/mol. The maximum atomic E-state index is 14.1.